The maximum atomic E-state index is 5.34. The third kappa shape index (κ3) is 2.86. The first-order valence-electron chi connectivity index (χ1n) is 6.59. The number of hydrogen-bond acceptors (Lipinski definition) is 3. The van der Waals surface area contributed by atoms with Crippen molar-refractivity contribution in [2.45, 2.75) is 52.4 Å². The Kier molecular flexibility index (Phi) is 3.25. The fourth-order valence-corrected chi connectivity index (χ4v) is 1.91. The summed E-state index contributed by atoms with van der Waals surface area (Å²) in [5.41, 5.74) is 3.34. The van der Waals surface area contributed by atoms with E-state index in [1.807, 2.05) is 12.4 Å². The standard InChI is InChI=1S/C16H22N2O/c1-15(2,3)11-7-17-14(18-8-11)12-9-19-10-13(12)16(4,5)6/h7-10H,1-6H3. The summed E-state index contributed by atoms with van der Waals surface area (Å²) >= 11 is 0. The zero-order valence-corrected chi connectivity index (χ0v) is 12.6. The van der Waals surface area contributed by atoms with Crippen molar-refractivity contribution in [1.82, 2.24) is 9.97 Å². The highest BCUT2D eigenvalue weighted by Crippen LogP contribution is 2.32. The summed E-state index contributed by atoms with van der Waals surface area (Å²) < 4.78 is 5.34. The molecule has 0 aliphatic heterocycles. The molecular formula is C16H22N2O. The maximum Gasteiger partial charge on any atom is 0.162 e. The summed E-state index contributed by atoms with van der Waals surface area (Å²) in [6.07, 6.45) is 7.33. The van der Waals surface area contributed by atoms with E-state index in [4.69, 9.17) is 4.42 Å². The van der Waals surface area contributed by atoms with Crippen molar-refractivity contribution in [2.24, 2.45) is 0 Å². The molecule has 0 unspecified atom stereocenters. The van der Waals surface area contributed by atoms with Gasteiger partial charge in [0.2, 0.25) is 0 Å². The third-order valence-corrected chi connectivity index (χ3v) is 3.23. The monoisotopic (exact) mass is 258 g/mol. The largest absolute Gasteiger partial charge is 0.472 e. The van der Waals surface area contributed by atoms with Crippen LogP contribution in [0, 0.1) is 0 Å². The van der Waals surface area contributed by atoms with Crippen LogP contribution in [0.5, 0.6) is 0 Å². The van der Waals surface area contributed by atoms with Crippen LogP contribution in [-0.2, 0) is 10.8 Å². The van der Waals surface area contributed by atoms with E-state index in [1.54, 1.807) is 12.5 Å². The molecule has 0 fully saturated rings. The Balaban J connectivity index is 2.42. The average Bonchev–Trinajstić information content (AvgIpc) is 2.76. The minimum absolute atomic E-state index is 0.0222. The van der Waals surface area contributed by atoms with Crippen LogP contribution in [0.15, 0.2) is 29.3 Å². The molecule has 0 saturated carbocycles. The summed E-state index contributed by atoms with van der Waals surface area (Å²) in [4.78, 5) is 8.98. The van der Waals surface area contributed by atoms with E-state index in [9.17, 15) is 0 Å². The molecule has 0 bridgehead atoms. The first-order chi connectivity index (χ1) is 8.69. The molecule has 0 atom stereocenters. The van der Waals surface area contributed by atoms with Crippen molar-refractivity contribution in [1.29, 1.82) is 0 Å². The molecular weight excluding hydrogens is 236 g/mol. The van der Waals surface area contributed by atoms with Crippen LogP contribution < -0.4 is 0 Å². The highest BCUT2D eigenvalue weighted by Gasteiger charge is 2.22. The van der Waals surface area contributed by atoms with Gasteiger partial charge >= 0.3 is 0 Å². The first kappa shape index (κ1) is 13.8. The van der Waals surface area contributed by atoms with Gasteiger partial charge in [0.25, 0.3) is 0 Å². The van der Waals surface area contributed by atoms with E-state index in [2.05, 4.69) is 51.5 Å². The van der Waals surface area contributed by atoms with Gasteiger partial charge in [-0.25, -0.2) is 9.97 Å². The second-order valence-electron chi connectivity index (χ2n) is 6.99. The Morgan fingerprint density at radius 3 is 1.89 bits per heavy atom. The lowest BCUT2D eigenvalue weighted by molar-refractivity contribution is 0.537. The highest BCUT2D eigenvalue weighted by molar-refractivity contribution is 5.60. The Bertz CT molecular complexity index is 554. The van der Waals surface area contributed by atoms with Gasteiger partial charge in [-0.15, -0.1) is 0 Å². The molecule has 102 valence electrons. The van der Waals surface area contributed by atoms with E-state index >= 15 is 0 Å². The average molecular weight is 258 g/mol. The predicted molar refractivity (Wildman–Crippen MR) is 77.1 cm³/mol. The predicted octanol–water partition coefficient (Wildman–Crippen LogP) is 4.33. The number of furan rings is 1. The molecule has 3 heteroatoms. The van der Waals surface area contributed by atoms with Crippen molar-refractivity contribution < 1.29 is 4.42 Å². The molecule has 2 aromatic heterocycles. The van der Waals surface area contributed by atoms with Gasteiger partial charge in [-0.1, -0.05) is 41.5 Å². The fourth-order valence-electron chi connectivity index (χ4n) is 1.91. The third-order valence-electron chi connectivity index (χ3n) is 3.23. The van der Waals surface area contributed by atoms with E-state index in [1.165, 1.54) is 0 Å². The van der Waals surface area contributed by atoms with Crippen LogP contribution in [0.2, 0.25) is 0 Å². The molecule has 0 aliphatic rings. The lowest BCUT2D eigenvalue weighted by Crippen LogP contribution is -2.13. The highest BCUT2D eigenvalue weighted by atomic mass is 16.3. The zero-order chi connectivity index (χ0) is 14.3. The molecule has 0 spiro atoms. The van der Waals surface area contributed by atoms with E-state index in [0.717, 1.165) is 22.5 Å². The van der Waals surface area contributed by atoms with Crippen LogP contribution in [0.1, 0.15) is 52.7 Å². The molecule has 0 saturated heterocycles. The minimum Gasteiger partial charge on any atom is -0.472 e. The minimum atomic E-state index is 0.0222. The molecule has 2 aromatic rings. The van der Waals surface area contributed by atoms with Crippen LogP contribution in [0.4, 0.5) is 0 Å². The maximum absolute atomic E-state index is 5.34. The molecule has 0 N–H and O–H groups in total. The summed E-state index contributed by atoms with van der Waals surface area (Å²) in [6, 6.07) is 0. The molecule has 0 amide bonds. The molecule has 19 heavy (non-hydrogen) atoms. The normalized spacial score (nSPS) is 12.7. The van der Waals surface area contributed by atoms with Crippen molar-refractivity contribution >= 4 is 0 Å². The second-order valence-corrected chi connectivity index (χ2v) is 6.99. The van der Waals surface area contributed by atoms with Gasteiger partial charge in [0.15, 0.2) is 5.82 Å². The van der Waals surface area contributed by atoms with Gasteiger partial charge in [0.05, 0.1) is 11.8 Å². The zero-order valence-electron chi connectivity index (χ0n) is 12.6. The van der Waals surface area contributed by atoms with E-state index in [0.29, 0.717) is 0 Å². The quantitative estimate of drug-likeness (QED) is 0.764. The van der Waals surface area contributed by atoms with Gasteiger partial charge in [-0.05, 0) is 16.4 Å². The van der Waals surface area contributed by atoms with Crippen LogP contribution in [-0.4, -0.2) is 9.97 Å². The summed E-state index contributed by atoms with van der Waals surface area (Å²) in [5.74, 6) is 0.728. The summed E-state index contributed by atoms with van der Waals surface area (Å²) in [6.45, 7) is 12.9. The Morgan fingerprint density at radius 1 is 0.842 bits per heavy atom. The fraction of sp³-hybridized carbons (Fsp3) is 0.500. The summed E-state index contributed by atoms with van der Waals surface area (Å²) in [5, 5.41) is 0. The Morgan fingerprint density at radius 2 is 1.42 bits per heavy atom. The number of aromatic nitrogens is 2. The summed E-state index contributed by atoms with van der Waals surface area (Å²) in [7, 11) is 0. The number of nitrogens with zero attached hydrogens (tertiary/aromatic N) is 2. The SMILES string of the molecule is CC(C)(C)c1cnc(-c2cocc2C(C)(C)C)nc1. The van der Waals surface area contributed by atoms with Crippen LogP contribution in [0.3, 0.4) is 0 Å². The van der Waals surface area contributed by atoms with Crippen molar-refractivity contribution in [3.63, 3.8) is 0 Å². The first-order valence-corrected chi connectivity index (χ1v) is 6.59. The molecule has 3 nitrogen and oxygen atoms in total. The van der Waals surface area contributed by atoms with Gasteiger partial charge < -0.3 is 4.42 Å². The Hall–Kier alpha value is -1.64. The van der Waals surface area contributed by atoms with Crippen LogP contribution >= 0.6 is 0 Å². The van der Waals surface area contributed by atoms with Crippen LogP contribution in [0.25, 0.3) is 11.4 Å². The van der Waals surface area contributed by atoms with Gasteiger partial charge in [0, 0.05) is 18.0 Å². The number of hydrogen-bond donors (Lipinski definition) is 0. The smallest absolute Gasteiger partial charge is 0.162 e. The molecule has 2 rings (SSSR count). The molecule has 0 radical (unpaired) electrons. The van der Waals surface area contributed by atoms with Crippen molar-refractivity contribution in [3.8, 4) is 11.4 Å². The van der Waals surface area contributed by atoms with Gasteiger partial charge in [-0.3, -0.25) is 0 Å². The number of rotatable bonds is 1. The van der Waals surface area contributed by atoms with E-state index < -0.39 is 0 Å². The van der Waals surface area contributed by atoms with Gasteiger partial charge in [0.1, 0.15) is 6.26 Å². The molecule has 2 heterocycles. The lowest BCUT2D eigenvalue weighted by Gasteiger charge is -2.19. The molecule has 0 aromatic carbocycles. The Labute approximate surface area is 115 Å². The van der Waals surface area contributed by atoms with Crippen molar-refractivity contribution in [2.75, 3.05) is 0 Å². The lowest BCUT2D eigenvalue weighted by atomic mass is 9.86. The second kappa shape index (κ2) is 4.48. The topological polar surface area (TPSA) is 38.9 Å². The molecule has 0 aliphatic carbocycles. The van der Waals surface area contributed by atoms with E-state index in [-0.39, 0.29) is 10.8 Å². The van der Waals surface area contributed by atoms with Gasteiger partial charge in [-0.2, -0.15) is 0 Å². The van der Waals surface area contributed by atoms with Crippen molar-refractivity contribution in [3.05, 3.63) is 36.0 Å².